The highest BCUT2D eigenvalue weighted by molar-refractivity contribution is 5.83. The Balaban J connectivity index is 2.52. The van der Waals surface area contributed by atoms with Crippen molar-refractivity contribution in [3.63, 3.8) is 0 Å². The lowest BCUT2D eigenvalue weighted by Crippen LogP contribution is -2.49. The second-order valence-corrected chi connectivity index (χ2v) is 4.36. The molecule has 1 fully saturated rings. The van der Waals surface area contributed by atoms with Gasteiger partial charge in [-0.05, 0) is 19.8 Å². The van der Waals surface area contributed by atoms with E-state index in [-0.39, 0.29) is 6.54 Å². The van der Waals surface area contributed by atoms with Crippen molar-refractivity contribution in [3.8, 4) is 0 Å². The van der Waals surface area contributed by atoms with E-state index in [1.165, 1.54) is 6.92 Å². The minimum atomic E-state index is -4.36. The first-order valence-corrected chi connectivity index (χ1v) is 5.57. The Morgan fingerprint density at radius 2 is 2.11 bits per heavy atom. The van der Waals surface area contributed by atoms with Gasteiger partial charge in [-0.3, -0.25) is 0 Å². The molecule has 1 aliphatic heterocycles. The van der Waals surface area contributed by atoms with Gasteiger partial charge in [-0.25, -0.2) is 9.59 Å². The van der Waals surface area contributed by atoms with Crippen LogP contribution in [-0.2, 0) is 4.79 Å². The maximum atomic E-state index is 12.1. The third-order valence-electron chi connectivity index (χ3n) is 2.71. The van der Waals surface area contributed by atoms with Crippen molar-refractivity contribution in [3.05, 3.63) is 0 Å². The number of nitrogens with zero attached hydrogens (tertiary/aromatic N) is 1. The molecule has 0 aromatic carbocycles. The zero-order valence-corrected chi connectivity index (χ0v) is 9.83. The Morgan fingerprint density at radius 1 is 1.50 bits per heavy atom. The summed E-state index contributed by atoms with van der Waals surface area (Å²) in [6.45, 7) is 1.48. The van der Waals surface area contributed by atoms with Crippen LogP contribution in [0.5, 0.6) is 0 Å². The van der Waals surface area contributed by atoms with Crippen LogP contribution in [0, 0.1) is 0 Å². The lowest BCUT2D eigenvalue weighted by molar-refractivity contribution is -0.142. The van der Waals surface area contributed by atoms with Crippen LogP contribution < -0.4 is 5.32 Å². The quantitative estimate of drug-likeness (QED) is 0.816. The maximum absolute atomic E-state index is 12.1. The molecule has 104 valence electrons. The summed E-state index contributed by atoms with van der Waals surface area (Å²) in [6.07, 6.45) is -4.62. The Hall–Kier alpha value is -1.47. The van der Waals surface area contributed by atoms with Gasteiger partial charge in [0.25, 0.3) is 0 Å². The van der Waals surface area contributed by atoms with E-state index in [4.69, 9.17) is 5.11 Å². The number of carbonyl (C=O) groups is 2. The second-order valence-electron chi connectivity index (χ2n) is 4.36. The topological polar surface area (TPSA) is 69.6 Å². The van der Waals surface area contributed by atoms with E-state index in [2.05, 4.69) is 5.32 Å². The number of hydrogen-bond donors (Lipinski definition) is 2. The van der Waals surface area contributed by atoms with E-state index >= 15 is 0 Å². The maximum Gasteiger partial charge on any atom is 0.391 e. The molecule has 2 N–H and O–H groups in total. The number of hydrogen-bond acceptors (Lipinski definition) is 2. The molecule has 5 nitrogen and oxygen atoms in total. The van der Waals surface area contributed by atoms with Crippen molar-refractivity contribution in [1.82, 2.24) is 10.2 Å². The van der Waals surface area contributed by atoms with E-state index in [1.54, 1.807) is 0 Å². The summed E-state index contributed by atoms with van der Waals surface area (Å²) in [7, 11) is 0. The van der Waals surface area contributed by atoms with Crippen molar-refractivity contribution in [2.45, 2.75) is 44.4 Å². The first-order valence-electron chi connectivity index (χ1n) is 5.57. The predicted octanol–water partition coefficient (Wildman–Crippen LogP) is 1.59. The van der Waals surface area contributed by atoms with Gasteiger partial charge < -0.3 is 15.3 Å². The van der Waals surface area contributed by atoms with Gasteiger partial charge in [-0.2, -0.15) is 13.2 Å². The summed E-state index contributed by atoms with van der Waals surface area (Å²) in [4.78, 5) is 23.5. The van der Waals surface area contributed by atoms with E-state index in [9.17, 15) is 22.8 Å². The Morgan fingerprint density at radius 3 is 2.61 bits per heavy atom. The average Bonchev–Trinajstić information content (AvgIpc) is 2.61. The van der Waals surface area contributed by atoms with Crippen LogP contribution >= 0.6 is 0 Å². The summed E-state index contributed by atoms with van der Waals surface area (Å²) in [5.41, 5.74) is 0. The van der Waals surface area contributed by atoms with Crippen molar-refractivity contribution in [2.75, 3.05) is 6.54 Å². The Kier molecular flexibility index (Phi) is 4.42. The normalized spacial score (nSPS) is 21.8. The first-order chi connectivity index (χ1) is 8.20. The number of carboxylic acids is 1. The fourth-order valence-corrected chi connectivity index (χ4v) is 1.96. The number of nitrogens with one attached hydrogen (secondary N) is 1. The molecule has 0 aromatic rings. The van der Waals surface area contributed by atoms with Gasteiger partial charge in [-0.15, -0.1) is 0 Å². The van der Waals surface area contributed by atoms with Gasteiger partial charge >= 0.3 is 18.2 Å². The number of likely N-dealkylation sites (tertiary alicyclic amines) is 1. The Labute approximate surface area is 102 Å². The molecule has 1 unspecified atom stereocenters. The van der Waals surface area contributed by atoms with Gasteiger partial charge in [-0.1, -0.05) is 0 Å². The molecule has 1 rings (SSSR count). The highest BCUT2D eigenvalue weighted by Gasteiger charge is 2.36. The summed E-state index contributed by atoms with van der Waals surface area (Å²) in [5, 5.41) is 11.0. The molecule has 0 aromatic heterocycles. The monoisotopic (exact) mass is 268 g/mol. The van der Waals surface area contributed by atoms with Crippen molar-refractivity contribution < 1.29 is 27.9 Å². The van der Waals surface area contributed by atoms with E-state index in [0.717, 1.165) is 4.90 Å². The summed E-state index contributed by atoms with van der Waals surface area (Å²) in [6, 6.07) is -2.77. The number of halogens is 3. The number of rotatable bonds is 3. The van der Waals surface area contributed by atoms with Crippen molar-refractivity contribution in [1.29, 1.82) is 0 Å². The van der Waals surface area contributed by atoms with Crippen molar-refractivity contribution in [2.24, 2.45) is 0 Å². The lowest BCUT2D eigenvalue weighted by atomic mass is 10.2. The molecule has 0 aliphatic carbocycles. The number of urea groups is 1. The molecule has 2 amide bonds. The van der Waals surface area contributed by atoms with Crippen molar-refractivity contribution >= 4 is 12.0 Å². The molecule has 1 heterocycles. The molecule has 0 bridgehead atoms. The molecule has 0 saturated carbocycles. The van der Waals surface area contributed by atoms with Crippen LogP contribution in [-0.4, -0.2) is 46.8 Å². The molecule has 1 saturated heterocycles. The smallest absolute Gasteiger partial charge is 0.391 e. The molecule has 0 spiro atoms. The summed E-state index contributed by atoms with van der Waals surface area (Å²) < 4.78 is 36.2. The molecule has 1 aliphatic rings. The zero-order valence-electron chi connectivity index (χ0n) is 9.83. The highest BCUT2D eigenvalue weighted by atomic mass is 19.4. The van der Waals surface area contributed by atoms with Crippen LogP contribution in [0.4, 0.5) is 18.0 Å². The predicted molar refractivity (Wildman–Crippen MR) is 56.0 cm³/mol. The van der Waals surface area contributed by atoms with Crippen LogP contribution in [0.1, 0.15) is 26.2 Å². The molecular weight excluding hydrogens is 253 g/mol. The number of amides is 2. The first kappa shape index (κ1) is 14.6. The van der Waals surface area contributed by atoms with Gasteiger partial charge in [0, 0.05) is 12.6 Å². The lowest BCUT2D eigenvalue weighted by Gasteiger charge is -2.24. The zero-order chi connectivity index (χ0) is 13.9. The van der Waals surface area contributed by atoms with Gasteiger partial charge in [0.2, 0.25) is 0 Å². The van der Waals surface area contributed by atoms with Crippen LogP contribution in [0.15, 0.2) is 0 Å². The van der Waals surface area contributed by atoms with E-state index in [0.29, 0.717) is 12.8 Å². The van der Waals surface area contributed by atoms with Crippen LogP contribution in [0.3, 0.4) is 0 Å². The van der Waals surface area contributed by atoms with Gasteiger partial charge in [0.05, 0.1) is 6.42 Å². The summed E-state index contributed by atoms with van der Waals surface area (Å²) in [5.74, 6) is -1.13. The Bertz CT molecular complexity index is 333. The van der Waals surface area contributed by atoms with Gasteiger partial charge in [0.1, 0.15) is 6.04 Å². The SMILES string of the molecule is CC(CC(F)(F)F)NC(=O)N1CCC[C@@H]1C(=O)O. The number of aliphatic carboxylic acids is 1. The van der Waals surface area contributed by atoms with Gasteiger partial charge in [0.15, 0.2) is 0 Å². The minimum Gasteiger partial charge on any atom is -0.480 e. The number of alkyl halides is 3. The second kappa shape index (κ2) is 5.45. The number of carboxylic acid groups (broad SMARTS) is 1. The molecule has 2 atom stereocenters. The fraction of sp³-hybridized carbons (Fsp3) is 0.800. The van der Waals surface area contributed by atoms with Crippen LogP contribution in [0.2, 0.25) is 0 Å². The van der Waals surface area contributed by atoms with E-state index in [1.807, 2.05) is 0 Å². The number of carbonyl (C=O) groups excluding carboxylic acids is 1. The summed E-state index contributed by atoms with van der Waals surface area (Å²) >= 11 is 0. The largest absolute Gasteiger partial charge is 0.480 e. The highest BCUT2D eigenvalue weighted by Crippen LogP contribution is 2.22. The third kappa shape index (κ3) is 4.08. The molecule has 8 heteroatoms. The van der Waals surface area contributed by atoms with Crippen LogP contribution in [0.25, 0.3) is 0 Å². The third-order valence-corrected chi connectivity index (χ3v) is 2.71. The average molecular weight is 268 g/mol. The molecule has 18 heavy (non-hydrogen) atoms. The molecular formula is C10H15F3N2O3. The standard InChI is InChI=1S/C10H15F3N2O3/c1-6(5-10(11,12)13)14-9(18)15-4-2-3-7(15)8(16)17/h6-7H,2-5H2,1H3,(H,14,18)(H,16,17)/t6?,7-/m1/s1. The molecule has 0 radical (unpaired) electrons. The minimum absolute atomic E-state index is 0.252. The van der Waals surface area contributed by atoms with E-state index < -0.39 is 36.7 Å². The fourth-order valence-electron chi connectivity index (χ4n) is 1.96.